The molecule has 0 aromatic heterocycles. The number of morpholine rings is 1. The van der Waals surface area contributed by atoms with Crippen molar-refractivity contribution in [1.82, 2.24) is 9.80 Å². The molecule has 0 aromatic rings. The molecule has 5 heteroatoms. The van der Waals surface area contributed by atoms with Crippen LogP contribution in [0.3, 0.4) is 0 Å². The van der Waals surface area contributed by atoms with Crippen LogP contribution in [0.15, 0.2) is 0 Å². The third-order valence-corrected chi connectivity index (χ3v) is 4.47. The maximum absolute atomic E-state index is 11.0. The molecule has 19 heavy (non-hydrogen) atoms. The molecule has 2 saturated heterocycles. The topological polar surface area (TPSA) is 53.0 Å². The number of ether oxygens (including phenoxy) is 1. The monoisotopic (exact) mass is 270 g/mol. The van der Waals surface area contributed by atoms with E-state index in [1.807, 2.05) is 0 Å². The molecule has 0 bridgehead atoms. The molecule has 1 N–H and O–H groups in total. The number of nitrogens with zero attached hydrogens (tertiary/aromatic N) is 2. The fourth-order valence-electron chi connectivity index (χ4n) is 3.16. The Morgan fingerprint density at radius 2 is 2.21 bits per heavy atom. The van der Waals surface area contributed by atoms with Crippen LogP contribution in [-0.2, 0) is 9.53 Å². The van der Waals surface area contributed by atoms with E-state index >= 15 is 0 Å². The molecule has 2 rings (SSSR count). The average molecular weight is 270 g/mol. The van der Waals surface area contributed by atoms with Crippen LogP contribution >= 0.6 is 0 Å². The first-order chi connectivity index (χ1) is 9.10. The van der Waals surface area contributed by atoms with Crippen LogP contribution in [0.4, 0.5) is 0 Å². The van der Waals surface area contributed by atoms with Gasteiger partial charge in [0.05, 0.1) is 18.6 Å². The number of piperidine rings is 1. The Kier molecular flexibility index (Phi) is 5.19. The second-order valence-corrected chi connectivity index (χ2v) is 5.79. The highest BCUT2D eigenvalue weighted by Crippen LogP contribution is 2.23. The first kappa shape index (κ1) is 14.8. The predicted molar refractivity (Wildman–Crippen MR) is 73.2 cm³/mol. The van der Waals surface area contributed by atoms with Crippen molar-refractivity contribution in [2.45, 2.75) is 38.8 Å². The Labute approximate surface area is 115 Å². The average Bonchev–Trinajstić information content (AvgIpc) is 2.41. The van der Waals surface area contributed by atoms with Gasteiger partial charge in [-0.15, -0.1) is 0 Å². The Morgan fingerprint density at radius 3 is 2.84 bits per heavy atom. The summed E-state index contributed by atoms with van der Waals surface area (Å²) in [7, 11) is 0. The molecule has 5 nitrogen and oxygen atoms in total. The summed E-state index contributed by atoms with van der Waals surface area (Å²) >= 11 is 0. The Morgan fingerprint density at radius 1 is 1.42 bits per heavy atom. The molecule has 2 aliphatic rings. The number of carboxylic acids is 1. The lowest BCUT2D eigenvalue weighted by atomic mass is 9.91. The highest BCUT2D eigenvalue weighted by molar-refractivity contribution is 5.70. The van der Waals surface area contributed by atoms with Gasteiger partial charge in [-0.3, -0.25) is 14.6 Å². The van der Waals surface area contributed by atoms with Gasteiger partial charge in [0.2, 0.25) is 0 Å². The SMILES string of the molecule is CCN1CCOC(CN2CCC(C(=O)O)CC2C)C1. The second kappa shape index (κ2) is 6.68. The van der Waals surface area contributed by atoms with Gasteiger partial charge in [0.1, 0.15) is 0 Å². The first-order valence-corrected chi connectivity index (χ1v) is 7.41. The minimum absolute atomic E-state index is 0.161. The van der Waals surface area contributed by atoms with Gasteiger partial charge in [0.25, 0.3) is 0 Å². The van der Waals surface area contributed by atoms with E-state index in [0.717, 1.165) is 52.2 Å². The van der Waals surface area contributed by atoms with Crippen LogP contribution in [0.25, 0.3) is 0 Å². The number of likely N-dealkylation sites (tertiary alicyclic amines) is 1. The van der Waals surface area contributed by atoms with Gasteiger partial charge < -0.3 is 9.84 Å². The molecule has 0 amide bonds. The molecular formula is C14H26N2O3. The molecular weight excluding hydrogens is 244 g/mol. The lowest BCUT2D eigenvalue weighted by Gasteiger charge is -2.40. The number of aliphatic carboxylic acids is 1. The maximum atomic E-state index is 11.0. The van der Waals surface area contributed by atoms with E-state index in [1.165, 1.54) is 0 Å². The van der Waals surface area contributed by atoms with Crippen molar-refractivity contribution in [3.8, 4) is 0 Å². The van der Waals surface area contributed by atoms with Gasteiger partial charge in [-0.25, -0.2) is 0 Å². The molecule has 2 heterocycles. The highest BCUT2D eigenvalue weighted by Gasteiger charge is 2.31. The number of carbonyl (C=O) groups is 1. The van der Waals surface area contributed by atoms with Gasteiger partial charge in [-0.05, 0) is 32.9 Å². The Bertz CT molecular complexity index is 311. The third kappa shape index (κ3) is 3.91. The standard InChI is InChI=1S/C14H26N2O3/c1-3-15-6-7-19-13(9-15)10-16-5-4-12(14(17)18)8-11(16)2/h11-13H,3-10H2,1-2H3,(H,17,18). The summed E-state index contributed by atoms with van der Waals surface area (Å²) in [5.74, 6) is -0.803. The molecule has 2 aliphatic heterocycles. The van der Waals surface area contributed by atoms with Gasteiger partial charge in [-0.1, -0.05) is 6.92 Å². The number of rotatable bonds is 4. The molecule has 3 unspecified atom stereocenters. The van der Waals surface area contributed by atoms with Gasteiger partial charge in [-0.2, -0.15) is 0 Å². The Balaban J connectivity index is 1.81. The van der Waals surface area contributed by atoms with Crippen LogP contribution in [0.2, 0.25) is 0 Å². The van der Waals surface area contributed by atoms with E-state index in [4.69, 9.17) is 9.84 Å². The summed E-state index contributed by atoms with van der Waals surface area (Å²) in [5.41, 5.74) is 0. The number of likely N-dealkylation sites (N-methyl/N-ethyl adjacent to an activating group) is 1. The molecule has 0 radical (unpaired) electrons. The lowest BCUT2D eigenvalue weighted by Crippen LogP contribution is -2.51. The van der Waals surface area contributed by atoms with Crippen molar-refractivity contribution < 1.29 is 14.6 Å². The van der Waals surface area contributed by atoms with Gasteiger partial charge in [0.15, 0.2) is 0 Å². The molecule has 3 atom stereocenters. The van der Waals surface area contributed by atoms with E-state index in [2.05, 4.69) is 23.6 Å². The van der Waals surface area contributed by atoms with Crippen LogP contribution in [-0.4, -0.2) is 72.4 Å². The van der Waals surface area contributed by atoms with Crippen LogP contribution in [0.5, 0.6) is 0 Å². The summed E-state index contributed by atoms with van der Waals surface area (Å²) in [6.07, 6.45) is 1.81. The number of hydrogen-bond acceptors (Lipinski definition) is 4. The zero-order chi connectivity index (χ0) is 13.8. The Hall–Kier alpha value is -0.650. The summed E-state index contributed by atoms with van der Waals surface area (Å²) in [4.78, 5) is 15.8. The van der Waals surface area contributed by atoms with E-state index in [-0.39, 0.29) is 12.0 Å². The van der Waals surface area contributed by atoms with E-state index in [1.54, 1.807) is 0 Å². The highest BCUT2D eigenvalue weighted by atomic mass is 16.5. The zero-order valence-corrected chi connectivity index (χ0v) is 12.0. The third-order valence-electron chi connectivity index (χ3n) is 4.47. The minimum Gasteiger partial charge on any atom is -0.481 e. The fourth-order valence-corrected chi connectivity index (χ4v) is 3.16. The number of carboxylic acid groups (broad SMARTS) is 1. The van der Waals surface area contributed by atoms with E-state index in [0.29, 0.717) is 6.04 Å². The van der Waals surface area contributed by atoms with Crippen molar-refractivity contribution in [3.63, 3.8) is 0 Å². The summed E-state index contributed by atoms with van der Waals surface area (Å²) < 4.78 is 5.84. The molecule has 110 valence electrons. The van der Waals surface area contributed by atoms with Crippen molar-refractivity contribution in [2.75, 3.05) is 39.3 Å². The van der Waals surface area contributed by atoms with Crippen LogP contribution < -0.4 is 0 Å². The smallest absolute Gasteiger partial charge is 0.306 e. The predicted octanol–water partition coefficient (Wildman–Crippen LogP) is 0.892. The van der Waals surface area contributed by atoms with Gasteiger partial charge in [0, 0.05) is 25.7 Å². The summed E-state index contributed by atoms with van der Waals surface area (Å²) in [6, 6.07) is 0.343. The quantitative estimate of drug-likeness (QED) is 0.822. The molecule has 0 aliphatic carbocycles. The second-order valence-electron chi connectivity index (χ2n) is 5.79. The normalized spacial score (nSPS) is 34.3. The van der Waals surface area contributed by atoms with E-state index in [9.17, 15) is 4.79 Å². The lowest BCUT2D eigenvalue weighted by molar-refractivity contribution is -0.144. The zero-order valence-electron chi connectivity index (χ0n) is 12.0. The van der Waals surface area contributed by atoms with Crippen molar-refractivity contribution in [2.24, 2.45) is 5.92 Å². The van der Waals surface area contributed by atoms with Crippen LogP contribution in [0.1, 0.15) is 26.7 Å². The fraction of sp³-hybridized carbons (Fsp3) is 0.929. The van der Waals surface area contributed by atoms with Crippen molar-refractivity contribution >= 4 is 5.97 Å². The minimum atomic E-state index is -0.641. The number of hydrogen-bond donors (Lipinski definition) is 1. The van der Waals surface area contributed by atoms with Crippen LogP contribution in [0, 0.1) is 5.92 Å². The first-order valence-electron chi connectivity index (χ1n) is 7.41. The maximum Gasteiger partial charge on any atom is 0.306 e. The molecule has 0 saturated carbocycles. The molecule has 0 aromatic carbocycles. The summed E-state index contributed by atoms with van der Waals surface area (Å²) in [5, 5.41) is 9.08. The van der Waals surface area contributed by atoms with Crippen molar-refractivity contribution in [1.29, 1.82) is 0 Å². The molecule has 0 spiro atoms. The van der Waals surface area contributed by atoms with Crippen molar-refractivity contribution in [3.05, 3.63) is 0 Å². The van der Waals surface area contributed by atoms with E-state index < -0.39 is 5.97 Å². The van der Waals surface area contributed by atoms with Gasteiger partial charge >= 0.3 is 5.97 Å². The molecule has 2 fully saturated rings. The summed E-state index contributed by atoms with van der Waals surface area (Å²) in [6.45, 7) is 10.1. The largest absolute Gasteiger partial charge is 0.481 e.